The summed E-state index contributed by atoms with van der Waals surface area (Å²) in [4.78, 5) is 0. The van der Waals surface area contributed by atoms with Crippen molar-refractivity contribution in [3.8, 4) is 11.5 Å². The van der Waals surface area contributed by atoms with Crippen molar-refractivity contribution in [1.82, 2.24) is 0 Å². The van der Waals surface area contributed by atoms with Crippen LogP contribution in [-0.4, -0.2) is 0 Å². The second kappa shape index (κ2) is 11.5. The SMILES string of the molecule is [Br-].[Br-].c1cc[n+](Cc2ccc(Oc3ccc(C[n+]4ccccc4)cc3)cc2)cc1. The van der Waals surface area contributed by atoms with Crippen molar-refractivity contribution >= 4 is 0 Å². The number of ether oxygens (including phenoxy) is 1. The maximum absolute atomic E-state index is 5.98. The average molecular weight is 514 g/mol. The van der Waals surface area contributed by atoms with E-state index in [1.807, 2.05) is 60.7 Å². The lowest BCUT2D eigenvalue weighted by Crippen LogP contribution is -3.00. The van der Waals surface area contributed by atoms with Crippen LogP contribution in [0.4, 0.5) is 0 Å². The van der Waals surface area contributed by atoms with Crippen LogP contribution < -0.4 is 47.8 Å². The fourth-order valence-corrected chi connectivity index (χ4v) is 2.96. The van der Waals surface area contributed by atoms with Crippen LogP contribution >= 0.6 is 0 Å². The quantitative estimate of drug-likeness (QED) is 0.277. The van der Waals surface area contributed by atoms with Gasteiger partial charge in [0.1, 0.15) is 11.5 Å². The first kappa shape index (κ1) is 22.8. The van der Waals surface area contributed by atoms with Gasteiger partial charge in [-0.25, -0.2) is 9.13 Å². The van der Waals surface area contributed by atoms with Gasteiger partial charge in [-0.2, -0.15) is 0 Å². The van der Waals surface area contributed by atoms with Gasteiger partial charge in [-0.15, -0.1) is 0 Å². The molecule has 2 heterocycles. The molecule has 0 N–H and O–H groups in total. The Morgan fingerprint density at radius 1 is 0.483 bits per heavy atom. The van der Waals surface area contributed by atoms with Crippen molar-refractivity contribution in [2.75, 3.05) is 0 Å². The van der Waals surface area contributed by atoms with Crippen LogP contribution in [-0.2, 0) is 13.1 Å². The molecule has 0 radical (unpaired) electrons. The Labute approximate surface area is 192 Å². The molecule has 0 amide bonds. The predicted molar refractivity (Wildman–Crippen MR) is 104 cm³/mol. The van der Waals surface area contributed by atoms with Crippen LogP contribution in [0.3, 0.4) is 0 Å². The number of nitrogens with zero attached hydrogens (tertiary/aromatic N) is 2. The highest BCUT2D eigenvalue weighted by molar-refractivity contribution is 5.34. The van der Waals surface area contributed by atoms with E-state index in [0.29, 0.717) is 0 Å². The highest BCUT2D eigenvalue weighted by Crippen LogP contribution is 2.22. The highest BCUT2D eigenvalue weighted by Gasteiger charge is 2.04. The number of hydrogen-bond acceptors (Lipinski definition) is 1. The number of rotatable bonds is 6. The monoisotopic (exact) mass is 512 g/mol. The van der Waals surface area contributed by atoms with E-state index >= 15 is 0 Å². The van der Waals surface area contributed by atoms with Gasteiger partial charge in [-0.05, 0) is 48.5 Å². The van der Waals surface area contributed by atoms with Crippen molar-refractivity contribution in [2.45, 2.75) is 13.1 Å². The summed E-state index contributed by atoms with van der Waals surface area (Å²) >= 11 is 0. The maximum Gasteiger partial charge on any atom is 0.173 e. The van der Waals surface area contributed by atoms with Crippen LogP contribution in [0, 0.1) is 0 Å². The second-order valence-corrected chi connectivity index (χ2v) is 6.49. The van der Waals surface area contributed by atoms with Gasteiger partial charge in [0.05, 0.1) is 0 Å². The van der Waals surface area contributed by atoms with Crippen molar-refractivity contribution in [1.29, 1.82) is 0 Å². The van der Waals surface area contributed by atoms with Gasteiger partial charge in [0, 0.05) is 35.4 Å². The van der Waals surface area contributed by atoms with Gasteiger partial charge >= 0.3 is 0 Å². The zero-order chi connectivity index (χ0) is 18.3. The molecule has 0 aliphatic heterocycles. The molecule has 4 aromatic rings. The zero-order valence-electron chi connectivity index (χ0n) is 15.9. The first-order chi connectivity index (χ1) is 13.3. The topological polar surface area (TPSA) is 17.0 Å². The molecule has 0 saturated carbocycles. The van der Waals surface area contributed by atoms with Gasteiger partial charge in [0.15, 0.2) is 37.9 Å². The lowest BCUT2D eigenvalue weighted by atomic mass is 10.2. The lowest BCUT2D eigenvalue weighted by molar-refractivity contribution is -0.688. The summed E-state index contributed by atoms with van der Waals surface area (Å²) in [5.74, 6) is 1.70. The summed E-state index contributed by atoms with van der Waals surface area (Å²) in [7, 11) is 0. The number of pyridine rings is 2. The molecule has 5 heteroatoms. The molecule has 0 spiro atoms. The maximum atomic E-state index is 5.98. The fourth-order valence-electron chi connectivity index (χ4n) is 2.96. The minimum Gasteiger partial charge on any atom is -1.00 e. The van der Waals surface area contributed by atoms with Crippen molar-refractivity contribution < 1.29 is 47.8 Å². The Bertz CT molecular complexity index is 894. The third-order valence-electron chi connectivity index (χ3n) is 4.37. The van der Waals surface area contributed by atoms with E-state index in [2.05, 4.69) is 58.2 Å². The van der Waals surface area contributed by atoms with E-state index in [4.69, 9.17) is 4.74 Å². The predicted octanol–water partition coefficient (Wildman–Crippen LogP) is -1.84. The molecule has 2 aromatic heterocycles. The molecule has 0 unspecified atom stereocenters. The largest absolute Gasteiger partial charge is 1.00 e. The summed E-state index contributed by atoms with van der Waals surface area (Å²) in [5.41, 5.74) is 2.49. The minimum absolute atomic E-state index is 0. The Morgan fingerprint density at radius 2 is 0.828 bits per heavy atom. The van der Waals surface area contributed by atoms with Crippen LogP contribution in [0.1, 0.15) is 11.1 Å². The zero-order valence-corrected chi connectivity index (χ0v) is 19.0. The van der Waals surface area contributed by atoms with Crippen LogP contribution in [0.25, 0.3) is 0 Å². The molecule has 0 saturated heterocycles. The Balaban J connectivity index is 0.00000150. The second-order valence-electron chi connectivity index (χ2n) is 6.49. The van der Waals surface area contributed by atoms with Gasteiger partial charge in [-0.1, -0.05) is 12.1 Å². The summed E-state index contributed by atoms with van der Waals surface area (Å²) in [6, 6.07) is 28.7. The number of aromatic nitrogens is 2. The molecule has 148 valence electrons. The van der Waals surface area contributed by atoms with E-state index in [1.54, 1.807) is 0 Å². The summed E-state index contributed by atoms with van der Waals surface area (Å²) in [6.45, 7) is 1.71. The Kier molecular flexibility index (Phi) is 9.03. The fraction of sp³-hybridized carbons (Fsp3) is 0.0833. The van der Waals surface area contributed by atoms with Crippen LogP contribution in [0.15, 0.2) is 110 Å². The van der Waals surface area contributed by atoms with Gasteiger partial charge in [-0.3, -0.25) is 0 Å². The molecule has 0 aliphatic carbocycles. The number of halogens is 2. The van der Waals surface area contributed by atoms with E-state index < -0.39 is 0 Å². The normalized spacial score (nSPS) is 9.79. The first-order valence-electron chi connectivity index (χ1n) is 9.09. The van der Waals surface area contributed by atoms with Crippen molar-refractivity contribution in [3.63, 3.8) is 0 Å². The number of hydrogen-bond donors (Lipinski definition) is 0. The van der Waals surface area contributed by atoms with E-state index in [0.717, 1.165) is 24.6 Å². The summed E-state index contributed by atoms with van der Waals surface area (Å²) in [5, 5.41) is 0. The van der Waals surface area contributed by atoms with Crippen molar-refractivity contribution in [2.24, 2.45) is 0 Å². The summed E-state index contributed by atoms with van der Waals surface area (Å²) < 4.78 is 10.3. The summed E-state index contributed by atoms with van der Waals surface area (Å²) in [6.07, 6.45) is 8.28. The number of benzene rings is 2. The first-order valence-corrected chi connectivity index (χ1v) is 9.09. The lowest BCUT2D eigenvalue weighted by Gasteiger charge is -2.07. The van der Waals surface area contributed by atoms with E-state index in [-0.39, 0.29) is 34.0 Å². The van der Waals surface area contributed by atoms with E-state index in [1.165, 1.54) is 11.1 Å². The molecule has 2 aromatic carbocycles. The standard InChI is InChI=1S/C24H22N2O.2BrH/c1-3-15-25(16-4-1)19-21-7-11-23(12-8-21)27-24-13-9-22(10-14-24)20-26-17-5-2-6-18-26;;/h1-18H,19-20H2;2*1H/q+2;;/p-2. The molecule has 0 bridgehead atoms. The average Bonchev–Trinajstić information content (AvgIpc) is 2.73. The molecule has 3 nitrogen and oxygen atoms in total. The van der Waals surface area contributed by atoms with E-state index in [9.17, 15) is 0 Å². The minimum atomic E-state index is 0. The molecule has 0 aliphatic rings. The van der Waals surface area contributed by atoms with Gasteiger partial charge in [0.25, 0.3) is 0 Å². The van der Waals surface area contributed by atoms with Crippen molar-refractivity contribution in [3.05, 3.63) is 121 Å². The molecule has 0 fully saturated rings. The third-order valence-corrected chi connectivity index (χ3v) is 4.37. The molecular formula is C24H22Br2N2O. The Morgan fingerprint density at radius 3 is 1.17 bits per heavy atom. The molecule has 4 rings (SSSR count). The molecule has 29 heavy (non-hydrogen) atoms. The van der Waals surface area contributed by atoms with Crippen LogP contribution in [0.5, 0.6) is 11.5 Å². The highest BCUT2D eigenvalue weighted by atomic mass is 79.9. The molecular weight excluding hydrogens is 492 g/mol. The Hall–Kier alpha value is -2.50. The third kappa shape index (κ3) is 6.80. The van der Waals surface area contributed by atoms with Gasteiger partial charge < -0.3 is 38.7 Å². The van der Waals surface area contributed by atoms with Gasteiger partial charge in [0.2, 0.25) is 0 Å². The molecule has 0 atom stereocenters. The van der Waals surface area contributed by atoms with Crippen LogP contribution in [0.2, 0.25) is 0 Å². The smallest absolute Gasteiger partial charge is 0.173 e.